The highest BCUT2D eigenvalue weighted by atomic mass is 19.1. The zero-order chi connectivity index (χ0) is 19.2. The number of nitrogens with one attached hydrogen (secondary N) is 2. The number of nitrogens with zero attached hydrogens (tertiary/aromatic N) is 1. The van der Waals surface area contributed by atoms with E-state index < -0.39 is 0 Å². The highest BCUT2D eigenvalue weighted by Gasteiger charge is 2.21. The summed E-state index contributed by atoms with van der Waals surface area (Å²) in [6.07, 6.45) is 3.16. The fourth-order valence-electron chi connectivity index (χ4n) is 3.17. The van der Waals surface area contributed by atoms with Gasteiger partial charge in [0.2, 0.25) is 5.43 Å². The zero-order valence-corrected chi connectivity index (χ0v) is 15.3. The quantitative estimate of drug-likeness (QED) is 0.812. The SMILES string of the molecule is Cc1cc(=O)c(OCC(=O)NC2CCN(Cc3ccc(F)cc3)CC2)c[nH]1. The number of hydrogen-bond acceptors (Lipinski definition) is 4. The molecule has 1 fully saturated rings. The van der Waals surface area contributed by atoms with Crippen molar-refractivity contribution >= 4 is 5.91 Å². The lowest BCUT2D eigenvalue weighted by Gasteiger charge is -2.32. The Hall–Kier alpha value is -2.67. The van der Waals surface area contributed by atoms with E-state index in [9.17, 15) is 14.0 Å². The van der Waals surface area contributed by atoms with Crippen LogP contribution in [0, 0.1) is 12.7 Å². The predicted octanol–water partition coefficient (Wildman–Crippen LogP) is 1.98. The molecule has 27 heavy (non-hydrogen) atoms. The molecule has 0 saturated carbocycles. The molecule has 2 N–H and O–H groups in total. The molecule has 7 heteroatoms. The molecule has 1 amide bonds. The number of aromatic amines is 1. The lowest BCUT2D eigenvalue weighted by atomic mass is 10.0. The van der Waals surface area contributed by atoms with Crippen LogP contribution in [0.15, 0.2) is 41.3 Å². The number of carbonyl (C=O) groups is 1. The normalized spacial score (nSPS) is 15.5. The topological polar surface area (TPSA) is 74.4 Å². The van der Waals surface area contributed by atoms with E-state index in [1.54, 1.807) is 19.1 Å². The fourth-order valence-corrected chi connectivity index (χ4v) is 3.17. The number of carbonyl (C=O) groups excluding carboxylic acids is 1. The molecule has 144 valence electrons. The van der Waals surface area contributed by atoms with Gasteiger partial charge in [0, 0.05) is 43.6 Å². The second-order valence-electron chi connectivity index (χ2n) is 6.88. The van der Waals surface area contributed by atoms with Gasteiger partial charge >= 0.3 is 0 Å². The van der Waals surface area contributed by atoms with Crippen LogP contribution in [-0.4, -0.2) is 41.5 Å². The number of likely N-dealkylation sites (tertiary alicyclic amines) is 1. The fraction of sp³-hybridized carbons (Fsp3) is 0.400. The van der Waals surface area contributed by atoms with E-state index in [4.69, 9.17) is 4.74 Å². The van der Waals surface area contributed by atoms with Gasteiger partial charge in [-0.15, -0.1) is 0 Å². The number of aryl methyl sites for hydroxylation is 1. The molecule has 0 atom stereocenters. The van der Waals surface area contributed by atoms with Crippen molar-refractivity contribution in [3.8, 4) is 5.75 Å². The third-order valence-corrected chi connectivity index (χ3v) is 4.65. The van der Waals surface area contributed by atoms with E-state index in [0.29, 0.717) is 0 Å². The minimum Gasteiger partial charge on any atom is -0.478 e. The number of aromatic nitrogens is 1. The number of pyridine rings is 1. The molecule has 2 heterocycles. The van der Waals surface area contributed by atoms with Gasteiger partial charge in [-0.1, -0.05) is 12.1 Å². The van der Waals surface area contributed by atoms with Crippen LogP contribution >= 0.6 is 0 Å². The Bertz CT molecular complexity index is 827. The summed E-state index contributed by atoms with van der Waals surface area (Å²) in [5, 5.41) is 2.96. The van der Waals surface area contributed by atoms with Crippen molar-refractivity contribution in [1.82, 2.24) is 15.2 Å². The number of amides is 1. The molecule has 1 aromatic heterocycles. The van der Waals surface area contributed by atoms with Gasteiger partial charge in [-0.2, -0.15) is 0 Å². The summed E-state index contributed by atoms with van der Waals surface area (Å²) in [5.41, 5.74) is 1.58. The van der Waals surface area contributed by atoms with Gasteiger partial charge in [0.1, 0.15) is 5.82 Å². The molecule has 3 rings (SSSR count). The van der Waals surface area contributed by atoms with Crippen molar-refractivity contribution in [2.24, 2.45) is 0 Å². The first-order valence-corrected chi connectivity index (χ1v) is 9.08. The van der Waals surface area contributed by atoms with Crippen LogP contribution in [0.5, 0.6) is 5.75 Å². The highest BCUT2D eigenvalue weighted by Crippen LogP contribution is 2.14. The first-order valence-electron chi connectivity index (χ1n) is 9.08. The maximum absolute atomic E-state index is 13.0. The number of halogens is 1. The standard InChI is InChI=1S/C20H24FN3O3/c1-14-10-18(25)19(11-22-14)27-13-20(26)23-17-6-8-24(9-7-17)12-15-2-4-16(21)5-3-15/h2-5,10-11,17H,6-9,12-13H2,1H3,(H,22,25)(H,23,26). The van der Waals surface area contributed by atoms with Gasteiger partial charge in [0.15, 0.2) is 12.4 Å². The van der Waals surface area contributed by atoms with E-state index in [1.165, 1.54) is 24.4 Å². The number of H-pyrrole nitrogens is 1. The lowest BCUT2D eigenvalue weighted by molar-refractivity contribution is -0.124. The van der Waals surface area contributed by atoms with Crippen LogP contribution in [0.1, 0.15) is 24.1 Å². The second kappa shape index (κ2) is 8.81. The number of ether oxygens (including phenoxy) is 1. The Morgan fingerprint density at radius 1 is 1.30 bits per heavy atom. The minimum atomic E-state index is -0.242. The third kappa shape index (κ3) is 5.65. The molecule has 1 aromatic carbocycles. The predicted molar refractivity (Wildman–Crippen MR) is 100 cm³/mol. The van der Waals surface area contributed by atoms with Crippen molar-refractivity contribution in [1.29, 1.82) is 0 Å². The van der Waals surface area contributed by atoms with Gasteiger partial charge in [-0.3, -0.25) is 14.5 Å². The zero-order valence-electron chi connectivity index (χ0n) is 15.3. The van der Waals surface area contributed by atoms with Gasteiger partial charge in [0.05, 0.1) is 0 Å². The van der Waals surface area contributed by atoms with Gasteiger partial charge in [-0.25, -0.2) is 4.39 Å². The Morgan fingerprint density at radius 2 is 2.00 bits per heavy atom. The smallest absolute Gasteiger partial charge is 0.258 e. The summed E-state index contributed by atoms with van der Waals surface area (Å²) in [6, 6.07) is 8.08. The molecular formula is C20H24FN3O3. The minimum absolute atomic E-state index is 0.0990. The van der Waals surface area contributed by atoms with Crippen LogP contribution in [0.3, 0.4) is 0 Å². The molecule has 0 radical (unpaired) electrons. The van der Waals surface area contributed by atoms with E-state index in [0.717, 1.165) is 43.7 Å². The molecule has 2 aromatic rings. The molecule has 0 bridgehead atoms. The lowest BCUT2D eigenvalue weighted by Crippen LogP contribution is -2.45. The summed E-state index contributed by atoms with van der Waals surface area (Å²) >= 11 is 0. The monoisotopic (exact) mass is 373 g/mol. The van der Waals surface area contributed by atoms with E-state index >= 15 is 0 Å². The van der Waals surface area contributed by atoms with Crippen molar-refractivity contribution < 1.29 is 13.9 Å². The molecule has 1 aliphatic rings. The van der Waals surface area contributed by atoms with Crippen molar-refractivity contribution in [3.63, 3.8) is 0 Å². The van der Waals surface area contributed by atoms with E-state index in [1.807, 2.05) is 0 Å². The number of piperidine rings is 1. The third-order valence-electron chi connectivity index (χ3n) is 4.65. The highest BCUT2D eigenvalue weighted by molar-refractivity contribution is 5.77. The van der Waals surface area contributed by atoms with Crippen molar-refractivity contribution in [3.05, 3.63) is 63.8 Å². The van der Waals surface area contributed by atoms with Crippen molar-refractivity contribution in [2.45, 2.75) is 32.4 Å². The summed E-state index contributed by atoms with van der Waals surface area (Å²) < 4.78 is 18.3. The van der Waals surface area contributed by atoms with Gasteiger partial charge in [0.25, 0.3) is 5.91 Å². The maximum atomic E-state index is 13.0. The molecule has 1 aliphatic heterocycles. The van der Waals surface area contributed by atoms with Crippen LogP contribution < -0.4 is 15.5 Å². The Morgan fingerprint density at radius 3 is 2.67 bits per heavy atom. The van der Waals surface area contributed by atoms with Gasteiger partial charge < -0.3 is 15.0 Å². The molecule has 0 aliphatic carbocycles. The van der Waals surface area contributed by atoms with Crippen LogP contribution in [0.2, 0.25) is 0 Å². The number of hydrogen-bond donors (Lipinski definition) is 2. The molecular weight excluding hydrogens is 349 g/mol. The first kappa shape index (κ1) is 19.1. The van der Waals surface area contributed by atoms with Crippen molar-refractivity contribution in [2.75, 3.05) is 19.7 Å². The van der Waals surface area contributed by atoms with Crippen LogP contribution in [0.4, 0.5) is 4.39 Å². The van der Waals surface area contributed by atoms with Crippen LogP contribution in [0.25, 0.3) is 0 Å². The largest absolute Gasteiger partial charge is 0.478 e. The Balaban J connectivity index is 1.40. The van der Waals surface area contributed by atoms with E-state index in [2.05, 4.69) is 15.2 Å². The van der Waals surface area contributed by atoms with E-state index in [-0.39, 0.29) is 35.6 Å². The number of rotatable bonds is 6. The summed E-state index contributed by atoms with van der Waals surface area (Å²) in [7, 11) is 0. The average Bonchev–Trinajstić information content (AvgIpc) is 2.64. The Kier molecular flexibility index (Phi) is 6.24. The molecule has 0 unspecified atom stereocenters. The molecule has 6 nitrogen and oxygen atoms in total. The summed E-state index contributed by atoms with van der Waals surface area (Å²) in [5.74, 6) is -0.313. The summed E-state index contributed by atoms with van der Waals surface area (Å²) in [4.78, 5) is 29.0. The average molecular weight is 373 g/mol. The number of benzene rings is 1. The second-order valence-corrected chi connectivity index (χ2v) is 6.88. The van der Waals surface area contributed by atoms with Crippen LogP contribution in [-0.2, 0) is 11.3 Å². The molecule has 0 spiro atoms. The van der Waals surface area contributed by atoms with Gasteiger partial charge in [-0.05, 0) is 37.5 Å². The summed E-state index contributed by atoms with van der Waals surface area (Å²) in [6.45, 7) is 4.10. The Labute approximate surface area is 157 Å². The molecule has 1 saturated heterocycles. The maximum Gasteiger partial charge on any atom is 0.258 e. The first-order chi connectivity index (χ1) is 13.0.